The van der Waals surface area contributed by atoms with Gasteiger partial charge in [-0.1, -0.05) is 29.8 Å². The van der Waals surface area contributed by atoms with Crippen LogP contribution in [0.15, 0.2) is 42.7 Å². The van der Waals surface area contributed by atoms with Crippen LogP contribution in [0.4, 0.5) is 5.82 Å². The number of nitrogens with one attached hydrogen (secondary N) is 2. The summed E-state index contributed by atoms with van der Waals surface area (Å²) >= 11 is 0. The molecule has 9 heteroatoms. The minimum absolute atomic E-state index is 0. The van der Waals surface area contributed by atoms with Crippen LogP contribution in [-0.2, 0) is 11.3 Å². The van der Waals surface area contributed by atoms with Gasteiger partial charge in [0.05, 0.1) is 18.1 Å². The lowest BCUT2D eigenvalue weighted by molar-refractivity contribution is -0.124. The molecule has 1 aromatic carbocycles. The Hall–Kier alpha value is -2.19. The number of likely N-dealkylation sites (tertiary alicyclic amines) is 1. The van der Waals surface area contributed by atoms with Crippen LogP contribution in [0.5, 0.6) is 0 Å². The van der Waals surface area contributed by atoms with E-state index in [1.54, 1.807) is 12.4 Å². The molecule has 7 nitrogen and oxygen atoms in total. The predicted molar refractivity (Wildman–Crippen MR) is 114 cm³/mol. The number of carbonyl (C=O) groups is 1. The third-order valence-electron chi connectivity index (χ3n) is 4.34. The van der Waals surface area contributed by atoms with E-state index in [9.17, 15) is 4.79 Å². The van der Waals surface area contributed by atoms with Crippen LogP contribution in [-0.4, -0.2) is 45.1 Å². The molecule has 3 N–H and O–H groups in total. The number of hydrogen-bond donors (Lipinski definition) is 3. The molecule has 2 aromatic rings. The van der Waals surface area contributed by atoms with Gasteiger partial charge >= 0.3 is 0 Å². The predicted octanol–water partition coefficient (Wildman–Crippen LogP) is 2.83. The van der Waals surface area contributed by atoms with Crippen molar-refractivity contribution in [2.45, 2.75) is 25.9 Å². The van der Waals surface area contributed by atoms with Crippen LogP contribution in [0.25, 0.3) is 6.08 Å². The fourth-order valence-corrected chi connectivity index (χ4v) is 2.95. The Labute approximate surface area is 177 Å². The van der Waals surface area contributed by atoms with Gasteiger partial charge in [-0.15, -0.1) is 24.8 Å². The average molecular weight is 426 g/mol. The SMILES string of the molecule is Cc1ccc(CN2CC[C@@H](Nc3cnc(C=CC(=O)NO)cn3)C2)cc1.Cl.Cl. The summed E-state index contributed by atoms with van der Waals surface area (Å²) in [5, 5.41) is 11.9. The van der Waals surface area contributed by atoms with E-state index in [0.29, 0.717) is 11.7 Å². The average Bonchev–Trinajstić information content (AvgIpc) is 3.09. The fourth-order valence-electron chi connectivity index (χ4n) is 2.95. The maximum absolute atomic E-state index is 10.9. The van der Waals surface area contributed by atoms with E-state index in [0.717, 1.165) is 31.9 Å². The quantitative estimate of drug-likeness (QED) is 0.374. The number of aryl methyl sites for hydroxylation is 1. The monoisotopic (exact) mass is 425 g/mol. The zero-order valence-electron chi connectivity index (χ0n) is 15.5. The fraction of sp³-hybridized carbons (Fsp3) is 0.316. The number of hydroxylamine groups is 1. The molecule has 0 unspecified atom stereocenters. The van der Waals surface area contributed by atoms with Gasteiger partial charge in [0.1, 0.15) is 5.82 Å². The molecule has 1 fully saturated rings. The maximum Gasteiger partial charge on any atom is 0.267 e. The van der Waals surface area contributed by atoms with Gasteiger partial charge in [-0.2, -0.15) is 0 Å². The molecule has 1 atom stereocenters. The number of benzene rings is 1. The molecule has 28 heavy (non-hydrogen) atoms. The van der Waals surface area contributed by atoms with Crippen LogP contribution in [0.2, 0.25) is 0 Å². The van der Waals surface area contributed by atoms with Gasteiger partial charge in [-0.3, -0.25) is 19.9 Å². The van der Waals surface area contributed by atoms with Crippen molar-refractivity contribution in [3.63, 3.8) is 0 Å². The zero-order valence-corrected chi connectivity index (χ0v) is 17.2. The summed E-state index contributed by atoms with van der Waals surface area (Å²) in [6.45, 7) is 5.08. The summed E-state index contributed by atoms with van der Waals surface area (Å²) in [6.07, 6.45) is 6.98. The lowest BCUT2D eigenvalue weighted by Gasteiger charge is -2.17. The van der Waals surface area contributed by atoms with E-state index >= 15 is 0 Å². The van der Waals surface area contributed by atoms with E-state index in [4.69, 9.17) is 5.21 Å². The highest BCUT2D eigenvalue weighted by atomic mass is 35.5. The van der Waals surface area contributed by atoms with Gasteiger partial charge in [-0.05, 0) is 25.0 Å². The highest BCUT2D eigenvalue weighted by Gasteiger charge is 2.22. The largest absolute Gasteiger partial charge is 0.365 e. The molecule has 152 valence electrons. The summed E-state index contributed by atoms with van der Waals surface area (Å²) in [7, 11) is 0. The molecule has 1 saturated heterocycles. The lowest BCUT2D eigenvalue weighted by atomic mass is 10.1. The van der Waals surface area contributed by atoms with Crippen molar-refractivity contribution in [2.24, 2.45) is 0 Å². The summed E-state index contributed by atoms with van der Waals surface area (Å²) in [5.74, 6) is 0.115. The van der Waals surface area contributed by atoms with Crippen molar-refractivity contribution in [3.05, 3.63) is 59.6 Å². The Balaban J connectivity index is 0.00000196. The van der Waals surface area contributed by atoms with Crippen molar-refractivity contribution in [1.82, 2.24) is 20.3 Å². The first-order valence-electron chi connectivity index (χ1n) is 8.61. The lowest BCUT2D eigenvalue weighted by Crippen LogP contribution is -2.26. The Kier molecular flexibility index (Phi) is 9.89. The first kappa shape index (κ1) is 23.8. The standard InChI is InChI=1S/C19H23N5O2.2ClH/c1-14-2-4-15(5-3-14)12-24-9-8-17(13-24)22-18-11-20-16(10-21-18)6-7-19(25)23-26;;/h2-7,10-11,17,26H,8-9,12-13H2,1H3,(H,21,22)(H,23,25);2*1H/t17-;;/m1../s1. The second-order valence-electron chi connectivity index (χ2n) is 6.49. The molecule has 0 saturated carbocycles. The molecular weight excluding hydrogens is 401 g/mol. The number of rotatable bonds is 6. The van der Waals surface area contributed by atoms with E-state index in [1.165, 1.54) is 28.8 Å². The molecule has 0 radical (unpaired) electrons. The molecule has 1 aliphatic rings. The Morgan fingerprint density at radius 3 is 2.64 bits per heavy atom. The smallest absolute Gasteiger partial charge is 0.267 e. The third kappa shape index (κ3) is 7.09. The Bertz CT molecular complexity index is 769. The minimum atomic E-state index is -0.603. The molecular formula is C19H25Cl2N5O2. The van der Waals surface area contributed by atoms with Gasteiger partial charge in [0, 0.05) is 31.8 Å². The topological polar surface area (TPSA) is 90.4 Å². The summed E-state index contributed by atoms with van der Waals surface area (Å²) in [6, 6.07) is 9.01. The first-order chi connectivity index (χ1) is 12.6. The first-order valence-corrected chi connectivity index (χ1v) is 8.61. The van der Waals surface area contributed by atoms with Gasteiger partial charge in [0.2, 0.25) is 0 Å². The third-order valence-corrected chi connectivity index (χ3v) is 4.34. The Morgan fingerprint density at radius 1 is 1.25 bits per heavy atom. The van der Waals surface area contributed by atoms with Crippen LogP contribution < -0.4 is 10.8 Å². The second kappa shape index (κ2) is 11.6. The number of halogens is 2. The van der Waals surface area contributed by atoms with E-state index in [2.05, 4.69) is 51.4 Å². The molecule has 1 amide bonds. The van der Waals surface area contributed by atoms with Crippen LogP contribution in [0.3, 0.4) is 0 Å². The van der Waals surface area contributed by atoms with Crippen molar-refractivity contribution in [2.75, 3.05) is 18.4 Å². The van der Waals surface area contributed by atoms with Crippen molar-refractivity contribution in [1.29, 1.82) is 0 Å². The van der Waals surface area contributed by atoms with E-state index < -0.39 is 5.91 Å². The zero-order chi connectivity index (χ0) is 18.4. The van der Waals surface area contributed by atoms with Crippen LogP contribution >= 0.6 is 24.8 Å². The molecule has 0 bridgehead atoms. The highest BCUT2D eigenvalue weighted by Crippen LogP contribution is 2.17. The van der Waals surface area contributed by atoms with Crippen LogP contribution in [0, 0.1) is 6.92 Å². The molecule has 2 heterocycles. The number of carbonyl (C=O) groups excluding carboxylic acids is 1. The number of anilines is 1. The highest BCUT2D eigenvalue weighted by molar-refractivity contribution is 5.90. The van der Waals surface area contributed by atoms with Gasteiger partial charge in [0.25, 0.3) is 5.91 Å². The van der Waals surface area contributed by atoms with Gasteiger partial charge in [0.15, 0.2) is 0 Å². The molecule has 1 aliphatic heterocycles. The van der Waals surface area contributed by atoms with Crippen molar-refractivity contribution in [3.8, 4) is 0 Å². The van der Waals surface area contributed by atoms with E-state index in [-0.39, 0.29) is 24.8 Å². The maximum atomic E-state index is 10.9. The van der Waals surface area contributed by atoms with Crippen molar-refractivity contribution >= 4 is 42.6 Å². The Morgan fingerprint density at radius 2 is 2.00 bits per heavy atom. The van der Waals surface area contributed by atoms with Crippen molar-refractivity contribution < 1.29 is 10.0 Å². The van der Waals surface area contributed by atoms with Gasteiger partial charge in [-0.25, -0.2) is 10.5 Å². The molecule has 3 rings (SSSR count). The minimum Gasteiger partial charge on any atom is -0.365 e. The summed E-state index contributed by atoms with van der Waals surface area (Å²) in [5.41, 5.74) is 4.69. The molecule has 0 aliphatic carbocycles. The molecule has 0 spiro atoms. The van der Waals surface area contributed by atoms with Crippen LogP contribution in [0.1, 0.15) is 23.2 Å². The number of amides is 1. The number of aromatic nitrogens is 2. The number of nitrogens with zero attached hydrogens (tertiary/aromatic N) is 3. The van der Waals surface area contributed by atoms with E-state index in [1.807, 2.05) is 0 Å². The van der Waals surface area contributed by atoms with Gasteiger partial charge < -0.3 is 5.32 Å². The summed E-state index contributed by atoms with van der Waals surface area (Å²) < 4.78 is 0. The molecule has 1 aromatic heterocycles. The number of hydrogen-bond acceptors (Lipinski definition) is 6. The summed E-state index contributed by atoms with van der Waals surface area (Å²) in [4.78, 5) is 21.9. The normalized spacial score (nSPS) is 16.3. The second-order valence-corrected chi connectivity index (χ2v) is 6.49.